The topological polar surface area (TPSA) is 91.6 Å². The van der Waals surface area contributed by atoms with E-state index in [2.05, 4.69) is 24.5 Å². The highest BCUT2D eigenvalue weighted by molar-refractivity contribution is 7.14. The second-order valence-corrected chi connectivity index (χ2v) is 7.23. The molecular formula is C17H21N6OP. The molecule has 0 bridgehead atoms. The molecule has 130 valence electrons. The number of carbonyl (C=O) groups excluding carboxylic acids is 1. The van der Waals surface area contributed by atoms with Crippen LogP contribution in [-0.2, 0) is 4.79 Å². The second-order valence-electron chi connectivity index (χ2n) is 6.67. The molecule has 1 unspecified atom stereocenters. The van der Waals surface area contributed by atoms with Gasteiger partial charge in [0.15, 0.2) is 0 Å². The number of aromatic nitrogens is 5. The van der Waals surface area contributed by atoms with E-state index >= 15 is 0 Å². The minimum Gasteiger partial charge on any atom is -0.370 e. The molecule has 1 aliphatic rings. The van der Waals surface area contributed by atoms with Crippen molar-refractivity contribution in [3.05, 3.63) is 31.0 Å². The summed E-state index contributed by atoms with van der Waals surface area (Å²) >= 11 is 0. The van der Waals surface area contributed by atoms with Gasteiger partial charge in [0.2, 0.25) is 5.91 Å². The highest BCUT2D eigenvalue weighted by Gasteiger charge is 2.28. The van der Waals surface area contributed by atoms with E-state index in [9.17, 15) is 4.79 Å². The maximum atomic E-state index is 11.5. The fourth-order valence-corrected chi connectivity index (χ4v) is 4.16. The molecule has 7 nitrogen and oxygen atoms in total. The summed E-state index contributed by atoms with van der Waals surface area (Å²) in [5.41, 5.74) is 8.12. The predicted molar refractivity (Wildman–Crippen MR) is 98.7 cm³/mol. The Morgan fingerprint density at radius 1 is 1.36 bits per heavy atom. The van der Waals surface area contributed by atoms with Gasteiger partial charge in [-0.3, -0.25) is 9.48 Å². The lowest BCUT2D eigenvalue weighted by Crippen LogP contribution is -2.24. The third kappa shape index (κ3) is 3.04. The van der Waals surface area contributed by atoms with E-state index in [-0.39, 0.29) is 11.9 Å². The molecule has 0 spiro atoms. The molecule has 2 atom stereocenters. The van der Waals surface area contributed by atoms with Crippen LogP contribution >= 0.6 is 9.39 Å². The van der Waals surface area contributed by atoms with Crippen LogP contribution in [0.5, 0.6) is 0 Å². The van der Waals surface area contributed by atoms with Crippen molar-refractivity contribution in [1.29, 1.82) is 0 Å². The Hall–Kier alpha value is -2.27. The molecule has 25 heavy (non-hydrogen) atoms. The Labute approximate surface area is 147 Å². The summed E-state index contributed by atoms with van der Waals surface area (Å²) in [5.74, 6) is 0.178. The van der Waals surface area contributed by atoms with Gasteiger partial charge >= 0.3 is 0 Å². The van der Waals surface area contributed by atoms with Crippen molar-refractivity contribution < 1.29 is 4.79 Å². The molecule has 8 heteroatoms. The summed E-state index contributed by atoms with van der Waals surface area (Å²) in [6.45, 7) is 0. The van der Waals surface area contributed by atoms with Crippen LogP contribution in [-0.4, -0.2) is 30.0 Å². The van der Waals surface area contributed by atoms with Gasteiger partial charge in [-0.15, -0.1) is 0 Å². The first-order valence-electron chi connectivity index (χ1n) is 8.53. The maximum Gasteiger partial charge on any atom is 0.219 e. The lowest BCUT2D eigenvalue weighted by Gasteiger charge is -2.22. The summed E-state index contributed by atoms with van der Waals surface area (Å²) in [5, 5.41) is 5.52. The minimum atomic E-state index is -0.279. The lowest BCUT2D eigenvalue weighted by atomic mass is 9.95. The summed E-state index contributed by atoms with van der Waals surface area (Å²) in [7, 11) is 2.61. The van der Waals surface area contributed by atoms with E-state index in [1.54, 1.807) is 6.33 Å². The van der Waals surface area contributed by atoms with E-state index < -0.39 is 0 Å². The zero-order valence-corrected chi connectivity index (χ0v) is 15.0. The van der Waals surface area contributed by atoms with Gasteiger partial charge in [-0.25, -0.2) is 9.97 Å². The normalized spacial score (nSPS) is 16.5. The monoisotopic (exact) mass is 356 g/mol. The van der Waals surface area contributed by atoms with Crippen molar-refractivity contribution in [2.45, 2.75) is 38.1 Å². The molecule has 2 N–H and O–H groups in total. The molecule has 3 aromatic heterocycles. The molecule has 3 aromatic rings. The van der Waals surface area contributed by atoms with Gasteiger partial charge in [-0.05, 0) is 34.2 Å². The number of primary amides is 1. The Kier molecular flexibility index (Phi) is 4.25. The standard InChI is InChI=1S/C17H21N6OP/c18-15(24)7-14(11-3-1-2-4-11)22-9-12(8-21-22)16-13-5-6-23(25)17(13)20-10-19-16/h5-6,8-11,14H,1-4,7,25H2,(H2,18,24)/t14-/m1/s1. The van der Waals surface area contributed by atoms with E-state index in [0.29, 0.717) is 12.3 Å². The zero-order valence-electron chi connectivity index (χ0n) is 13.9. The zero-order chi connectivity index (χ0) is 17.4. The second kappa shape index (κ2) is 6.56. The van der Waals surface area contributed by atoms with Gasteiger partial charge in [0.1, 0.15) is 12.0 Å². The van der Waals surface area contributed by atoms with Crippen molar-refractivity contribution in [2.24, 2.45) is 11.7 Å². The number of nitrogens with two attached hydrogens (primary N) is 1. The maximum absolute atomic E-state index is 11.5. The van der Waals surface area contributed by atoms with Crippen LogP contribution in [0.15, 0.2) is 31.0 Å². The molecule has 1 fully saturated rings. The summed E-state index contributed by atoms with van der Waals surface area (Å²) in [6.07, 6.45) is 12.3. The van der Waals surface area contributed by atoms with E-state index in [4.69, 9.17) is 5.73 Å². The third-order valence-corrected chi connectivity index (χ3v) is 5.49. The van der Waals surface area contributed by atoms with Crippen LogP contribution in [0.3, 0.4) is 0 Å². The van der Waals surface area contributed by atoms with Crippen LogP contribution in [0.1, 0.15) is 38.1 Å². The number of nitrogens with zero attached hydrogens (tertiary/aromatic N) is 5. The number of hydrogen-bond donors (Lipinski definition) is 1. The van der Waals surface area contributed by atoms with Gasteiger partial charge in [0.05, 0.1) is 17.9 Å². The predicted octanol–water partition coefficient (Wildman–Crippen LogP) is 2.54. The van der Waals surface area contributed by atoms with E-state index in [1.165, 1.54) is 12.8 Å². The molecule has 1 saturated carbocycles. The van der Waals surface area contributed by atoms with Crippen LogP contribution in [0.2, 0.25) is 0 Å². The number of carbonyl (C=O) groups is 1. The van der Waals surface area contributed by atoms with Crippen LogP contribution < -0.4 is 5.73 Å². The van der Waals surface area contributed by atoms with Gasteiger partial charge in [0.25, 0.3) is 0 Å². The average Bonchev–Trinajstić information content (AvgIpc) is 3.34. The summed E-state index contributed by atoms with van der Waals surface area (Å²) in [4.78, 5) is 20.3. The van der Waals surface area contributed by atoms with Crippen molar-refractivity contribution in [3.63, 3.8) is 0 Å². The smallest absolute Gasteiger partial charge is 0.219 e. The summed E-state index contributed by atoms with van der Waals surface area (Å²) in [6, 6.07) is 2.02. The minimum absolute atomic E-state index is 0.0254. The van der Waals surface area contributed by atoms with Crippen molar-refractivity contribution >= 4 is 26.3 Å². The molecule has 0 saturated heterocycles. The molecule has 0 aromatic carbocycles. The van der Waals surface area contributed by atoms with Crippen molar-refractivity contribution in [1.82, 2.24) is 24.1 Å². The Balaban J connectivity index is 1.71. The van der Waals surface area contributed by atoms with Crippen molar-refractivity contribution in [2.75, 3.05) is 0 Å². The molecule has 4 rings (SSSR count). The van der Waals surface area contributed by atoms with Crippen LogP contribution in [0.4, 0.5) is 0 Å². The highest BCUT2D eigenvalue weighted by atomic mass is 31.0. The number of fused-ring (bicyclic) bond motifs is 1. The first-order chi connectivity index (χ1) is 12.1. The number of rotatable bonds is 5. The molecule has 3 heterocycles. The van der Waals surface area contributed by atoms with Crippen LogP contribution in [0.25, 0.3) is 22.3 Å². The Morgan fingerprint density at radius 3 is 2.92 bits per heavy atom. The number of hydrogen-bond acceptors (Lipinski definition) is 4. The van der Waals surface area contributed by atoms with E-state index in [1.807, 2.05) is 33.7 Å². The lowest BCUT2D eigenvalue weighted by molar-refractivity contribution is -0.119. The van der Waals surface area contributed by atoms with Gasteiger partial charge in [0, 0.05) is 29.8 Å². The SMILES string of the molecule is NC(=O)C[C@H](C1CCCC1)n1cc(-c2ncnc3c2ccn3P)cn1. The Bertz CT molecular complexity index is 911. The summed E-state index contributed by atoms with van der Waals surface area (Å²) < 4.78 is 3.79. The fraction of sp³-hybridized carbons (Fsp3) is 0.412. The fourth-order valence-electron chi connectivity index (χ4n) is 3.87. The third-order valence-electron chi connectivity index (χ3n) is 5.08. The van der Waals surface area contributed by atoms with Crippen molar-refractivity contribution in [3.8, 4) is 11.3 Å². The van der Waals surface area contributed by atoms with Crippen LogP contribution in [0, 0.1) is 5.92 Å². The number of amides is 1. The first kappa shape index (κ1) is 16.2. The largest absolute Gasteiger partial charge is 0.370 e. The average molecular weight is 356 g/mol. The molecule has 1 amide bonds. The Morgan fingerprint density at radius 2 is 2.16 bits per heavy atom. The molecular weight excluding hydrogens is 335 g/mol. The van der Waals surface area contributed by atoms with Gasteiger partial charge in [-0.2, -0.15) is 5.10 Å². The molecule has 0 aliphatic heterocycles. The highest BCUT2D eigenvalue weighted by Crippen LogP contribution is 2.36. The van der Waals surface area contributed by atoms with E-state index in [0.717, 1.165) is 35.1 Å². The first-order valence-corrected chi connectivity index (χ1v) is 9.05. The molecule has 1 aliphatic carbocycles. The van der Waals surface area contributed by atoms with Gasteiger partial charge < -0.3 is 10.1 Å². The quantitative estimate of drug-likeness (QED) is 0.711. The van der Waals surface area contributed by atoms with Gasteiger partial charge in [-0.1, -0.05) is 12.8 Å². The molecule has 0 radical (unpaired) electrons.